The molecule has 0 amide bonds. The predicted molar refractivity (Wildman–Crippen MR) is 93.8 cm³/mol. The molecule has 0 bridgehead atoms. The molecule has 0 aliphatic heterocycles. The molecule has 2 aromatic rings. The van der Waals surface area contributed by atoms with E-state index in [-0.39, 0.29) is 6.42 Å². The van der Waals surface area contributed by atoms with E-state index in [1.54, 1.807) is 26.2 Å². The number of aliphatic carboxylic acids is 1. The summed E-state index contributed by atoms with van der Waals surface area (Å²) in [6.45, 7) is 2.13. The molecule has 0 aliphatic carbocycles. The van der Waals surface area contributed by atoms with Gasteiger partial charge in [-0.1, -0.05) is 23.7 Å². The number of methoxy groups -OCH3 is 1. The maximum atomic E-state index is 11.0. The van der Waals surface area contributed by atoms with Crippen molar-refractivity contribution in [3.63, 3.8) is 0 Å². The monoisotopic (exact) mass is 342 g/mol. The van der Waals surface area contributed by atoms with Gasteiger partial charge in [0.15, 0.2) is 0 Å². The molecule has 0 heterocycles. The van der Waals surface area contributed by atoms with Crippen LogP contribution in [0.25, 0.3) is 0 Å². The molecule has 0 atom stereocenters. The van der Waals surface area contributed by atoms with Crippen LogP contribution in [0.3, 0.4) is 0 Å². The van der Waals surface area contributed by atoms with Crippen molar-refractivity contribution in [3.8, 4) is 23.3 Å². The first-order valence-corrected chi connectivity index (χ1v) is 8.13. The van der Waals surface area contributed by atoms with Crippen LogP contribution in [0, 0.1) is 11.8 Å². The predicted octanol–water partition coefficient (Wildman–Crippen LogP) is 3.88. The van der Waals surface area contributed by atoms with Crippen molar-refractivity contribution in [2.24, 2.45) is 0 Å². The molecule has 0 unspecified atom stereocenters. The molecule has 2 aromatic carbocycles. The summed E-state index contributed by atoms with van der Waals surface area (Å²) in [4.78, 5) is 12.9. The molecule has 0 saturated carbocycles. The van der Waals surface area contributed by atoms with E-state index < -0.39 is 5.97 Å². The van der Waals surface area contributed by atoms with Crippen LogP contribution < -0.4 is 9.47 Å². The van der Waals surface area contributed by atoms with Crippen molar-refractivity contribution >= 4 is 17.7 Å². The highest BCUT2D eigenvalue weighted by Crippen LogP contribution is 2.34. The zero-order valence-electron chi connectivity index (χ0n) is 13.5. The van der Waals surface area contributed by atoms with Gasteiger partial charge >= 0.3 is 5.97 Å². The Labute approximate surface area is 145 Å². The van der Waals surface area contributed by atoms with Gasteiger partial charge in [0.1, 0.15) is 18.1 Å². The third-order valence-corrected chi connectivity index (χ3v) is 4.26. The van der Waals surface area contributed by atoms with Gasteiger partial charge in [-0.15, -0.1) is 5.92 Å². The number of carboxylic acid groups (broad SMARTS) is 1. The van der Waals surface area contributed by atoms with E-state index in [2.05, 4.69) is 11.8 Å². The van der Waals surface area contributed by atoms with Crippen molar-refractivity contribution < 1.29 is 19.4 Å². The summed E-state index contributed by atoms with van der Waals surface area (Å²) < 4.78 is 10.7. The van der Waals surface area contributed by atoms with Crippen molar-refractivity contribution in [3.05, 3.63) is 48.0 Å². The Bertz CT molecular complexity index is 757. The first kappa shape index (κ1) is 17.8. The highest BCUT2D eigenvalue weighted by Gasteiger charge is 2.10. The first-order chi connectivity index (χ1) is 11.6. The number of carboxylic acids is 1. The second-order valence-corrected chi connectivity index (χ2v) is 5.95. The van der Waals surface area contributed by atoms with E-state index in [4.69, 9.17) is 14.6 Å². The summed E-state index contributed by atoms with van der Waals surface area (Å²) in [6, 6.07) is 13.0. The molecule has 0 spiro atoms. The Hall–Kier alpha value is -2.58. The lowest BCUT2D eigenvalue weighted by Crippen LogP contribution is -2.01. The fraction of sp³-hybridized carbons (Fsp3) is 0.211. The van der Waals surface area contributed by atoms with Gasteiger partial charge < -0.3 is 14.6 Å². The van der Waals surface area contributed by atoms with E-state index >= 15 is 0 Å². The Morgan fingerprint density at radius 2 is 1.88 bits per heavy atom. The Kier molecular flexibility index (Phi) is 6.59. The summed E-state index contributed by atoms with van der Waals surface area (Å²) in [5.74, 6) is 6.21. The summed E-state index contributed by atoms with van der Waals surface area (Å²) >= 11 is 1.50. The summed E-state index contributed by atoms with van der Waals surface area (Å²) in [6.07, 6.45) is -0.0246. The van der Waals surface area contributed by atoms with Gasteiger partial charge in [0.25, 0.3) is 0 Å². The van der Waals surface area contributed by atoms with Gasteiger partial charge in [-0.25, -0.2) is 0 Å². The highest BCUT2D eigenvalue weighted by atomic mass is 32.2. The first-order valence-electron chi connectivity index (χ1n) is 7.31. The zero-order chi connectivity index (χ0) is 17.4. The highest BCUT2D eigenvalue weighted by molar-refractivity contribution is 7.99. The SMILES string of the molecule is CC#CCOc1ccc(Sc2cc(OC)ccc2CC(=O)O)cc1. The van der Waals surface area contributed by atoms with Crippen molar-refractivity contribution in [1.82, 2.24) is 0 Å². The van der Waals surface area contributed by atoms with Crippen LogP contribution in [-0.2, 0) is 11.2 Å². The maximum absolute atomic E-state index is 11.0. The minimum absolute atomic E-state index is 0.0246. The van der Waals surface area contributed by atoms with Crippen LogP contribution >= 0.6 is 11.8 Å². The third kappa shape index (κ3) is 5.25. The van der Waals surface area contributed by atoms with Gasteiger partial charge in [0.05, 0.1) is 13.5 Å². The number of carbonyl (C=O) groups is 1. The van der Waals surface area contributed by atoms with Gasteiger partial charge in [-0.05, 0) is 48.9 Å². The minimum Gasteiger partial charge on any atom is -0.497 e. The molecular weight excluding hydrogens is 324 g/mol. The molecule has 1 N–H and O–H groups in total. The molecule has 124 valence electrons. The Balaban J connectivity index is 2.16. The topological polar surface area (TPSA) is 55.8 Å². The van der Waals surface area contributed by atoms with E-state index in [0.717, 1.165) is 21.1 Å². The zero-order valence-corrected chi connectivity index (χ0v) is 14.4. The van der Waals surface area contributed by atoms with Crippen molar-refractivity contribution in [2.45, 2.75) is 23.1 Å². The number of rotatable bonds is 7. The van der Waals surface area contributed by atoms with Crippen LogP contribution in [0.4, 0.5) is 0 Å². The average molecular weight is 342 g/mol. The summed E-state index contributed by atoms with van der Waals surface area (Å²) in [5.41, 5.74) is 0.756. The van der Waals surface area contributed by atoms with Crippen LogP contribution in [0.1, 0.15) is 12.5 Å². The fourth-order valence-electron chi connectivity index (χ4n) is 1.99. The number of hydrogen-bond acceptors (Lipinski definition) is 4. The second-order valence-electron chi connectivity index (χ2n) is 4.83. The van der Waals surface area contributed by atoms with Gasteiger partial charge in [-0.3, -0.25) is 4.79 Å². The maximum Gasteiger partial charge on any atom is 0.307 e. The number of ether oxygens (including phenoxy) is 2. The lowest BCUT2D eigenvalue weighted by Gasteiger charge is -2.10. The minimum atomic E-state index is -0.859. The van der Waals surface area contributed by atoms with E-state index in [1.807, 2.05) is 30.3 Å². The molecule has 2 rings (SSSR count). The molecule has 0 aliphatic rings. The van der Waals surface area contributed by atoms with E-state index in [9.17, 15) is 4.79 Å². The molecule has 0 fully saturated rings. The summed E-state index contributed by atoms with van der Waals surface area (Å²) in [5, 5.41) is 9.06. The number of benzene rings is 2. The molecule has 0 aromatic heterocycles. The fourth-order valence-corrected chi connectivity index (χ4v) is 2.96. The largest absolute Gasteiger partial charge is 0.497 e. The molecule has 5 heteroatoms. The van der Waals surface area contributed by atoms with Crippen LogP contribution in [0.15, 0.2) is 52.3 Å². The lowest BCUT2D eigenvalue weighted by atomic mass is 10.1. The quantitative estimate of drug-likeness (QED) is 0.774. The second kappa shape index (κ2) is 8.90. The van der Waals surface area contributed by atoms with E-state index in [1.165, 1.54) is 11.8 Å². The third-order valence-electron chi connectivity index (χ3n) is 3.16. The standard InChI is InChI=1S/C19H18O4S/c1-3-4-11-23-15-7-9-17(10-8-15)24-18-13-16(22-2)6-5-14(18)12-19(20)21/h5-10,13H,11-12H2,1-2H3,(H,20,21). The smallest absolute Gasteiger partial charge is 0.307 e. The lowest BCUT2D eigenvalue weighted by molar-refractivity contribution is -0.136. The summed E-state index contributed by atoms with van der Waals surface area (Å²) in [7, 11) is 1.59. The molecular formula is C19H18O4S. The average Bonchev–Trinajstić information content (AvgIpc) is 2.58. The molecule has 4 nitrogen and oxygen atoms in total. The molecule has 24 heavy (non-hydrogen) atoms. The van der Waals surface area contributed by atoms with Gasteiger partial charge in [0.2, 0.25) is 0 Å². The van der Waals surface area contributed by atoms with Crippen LogP contribution in [0.5, 0.6) is 11.5 Å². The van der Waals surface area contributed by atoms with Crippen LogP contribution in [-0.4, -0.2) is 24.8 Å². The Morgan fingerprint density at radius 1 is 1.17 bits per heavy atom. The van der Waals surface area contributed by atoms with Crippen molar-refractivity contribution in [2.75, 3.05) is 13.7 Å². The Morgan fingerprint density at radius 3 is 2.50 bits per heavy atom. The molecule has 0 radical (unpaired) electrons. The normalized spacial score (nSPS) is 9.75. The molecule has 0 saturated heterocycles. The van der Waals surface area contributed by atoms with Gasteiger partial charge in [-0.2, -0.15) is 0 Å². The van der Waals surface area contributed by atoms with Crippen LogP contribution in [0.2, 0.25) is 0 Å². The number of hydrogen-bond donors (Lipinski definition) is 1. The van der Waals surface area contributed by atoms with Gasteiger partial charge in [0, 0.05) is 9.79 Å². The van der Waals surface area contributed by atoms with Crippen molar-refractivity contribution in [1.29, 1.82) is 0 Å². The van der Waals surface area contributed by atoms with E-state index in [0.29, 0.717) is 12.4 Å².